The number of aliphatic hydroxyl groups excluding tert-OH is 1. The Bertz CT molecular complexity index is 102. The van der Waals surface area contributed by atoms with Gasteiger partial charge in [0.05, 0.1) is 12.2 Å². The Labute approximate surface area is 67.0 Å². The van der Waals surface area contributed by atoms with Crippen LogP contribution in [0.4, 0.5) is 0 Å². The molecule has 0 bridgehead atoms. The van der Waals surface area contributed by atoms with Gasteiger partial charge in [-0.15, -0.1) is 12.4 Å². The van der Waals surface area contributed by atoms with E-state index in [1.807, 2.05) is 0 Å². The maximum atomic E-state index is 9.15. The van der Waals surface area contributed by atoms with Crippen molar-refractivity contribution in [3.63, 3.8) is 0 Å². The lowest BCUT2D eigenvalue weighted by Crippen LogP contribution is -2.20. The average molecular weight is 168 g/mol. The number of nitrogens with two attached hydrogens (primary N) is 1. The minimum atomic E-state index is -0.343. The number of aliphatic hydroxyl groups is 1. The van der Waals surface area contributed by atoms with Gasteiger partial charge in [0.2, 0.25) is 0 Å². The summed E-state index contributed by atoms with van der Waals surface area (Å²) in [5.74, 6) is 0. The zero-order valence-corrected chi connectivity index (χ0v) is 6.80. The van der Waals surface area contributed by atoms with Crippen LogP contribution in [0.25, 0.3) is 0 Å². The van der Waals surface area contributed by atoms with E-state index in [0.717, 1.165) is 6.42 Å². The Kier molecular flexibility index (Phi) is 4.20. The van der Waals surface area contributed by atoms with Crippen LogP contribution in [0, 0.1) is 0 Å². The molecule has 0 unspecified atom stereocenters. The molecule has 3 nitrogen and oxygen atoms in total. The number of rotatable bonds is 1. The number of hydrogen-bond acceptors (Lipinski definition) is 3. The summed E-state index contributed by atoms with van der Waals surface area (Å²) in [6.07, 6.45) is 1.10. The van der Waals surface area contributed by atoms with E-state index in [-0.39, 0.29) is 30.7 Å². The summed E-state index contributed by atoms with van der Waals surface area (Å²) in [6, 6.07) is 0.130. The van der Waals surface area contributed by atoms with Crippen molar-refractivity contribution >= 4 is 12.4 Å². The minimum Gasteiger partial charge on any atom is -0.390 e. The predicted molar refractivity (Wildman–Crippen MR) is 41.3 cm³/mol. The first-order chi connectivity index (χ1) is 4.24. The molecular weight excluding hydrogens is 154 g/mol. The van der Waals surface area contributed by atoms with E-state index in [4.69, 9.17) is 15.6 Å². The fraction of sp³-hybridized carbons (Fsp3) is 1.00. The first-order valence-electron chi connectivity index (χ1n) is 3.20. The molecule has 1 fully saturated rings. The molecule has 1 aliphatic carbocycles. The van der Waals surface area contributed by atoms with E-state index in [1.165, 1.54) is 0 Å². The molecule has 62 valence electrons. The van der Waals surface area contributed by atoms with Gasteiger partial charge in [-0.1, -0.05) is 0 Å². The molecule has 0 saturated heterocycles. The maximum Gasteiger partial charge on any atom is 0.0845 e. The van der Waals surface area contributed by atoms with Crippen LogP contribution in [0.2, 0.25) is 0 Å². The molecule has 0 aliphatic heterocycles. The summed E-state index contributed by atoms with van der Waals surface area (Å²) in [7, 11) is 1.60. The fourth-order valence-corrected chi connectivity index (χ4v) is 1.27. The van der Waals surface area contributed by atoms with Crippen molar-refractivity contribution in [2.45, 2.75) is 31.1 Å². The Hall–Kier alpha value is 0.170. The number of ether oxygens (including phenoxy) is 1. The topological polar surface area (TPSA) is 55.5 Å². The quantitative estimate of drug-likeness (QED) is 0.574. The molecule has 0 spiro atoms. The molecule has 3 atom stereocenters. The summed E-state index contributed by atoms with van der Waals surface area (Å²) in [6.45, 7) is 0. The largest absolute Gasteiger partial charge is 0.390 e. The summed E-state index contributed by atoms with van der Waals surface area (Å²) in [5.41, 5.74) is 5.55. The summed E-state index contributed by atoms with van der Waals surface area (Å²) < 4.78 is 4.96. The van der Waals surface area contributed by atoms with Gasteiger partial charge < -0.3 is 15.6 Å². The summed E-state index contributed by atoms with van der Waals surface area (Å²) in [4.78, 5) is 0. The zero-order chi connectivity index (χ0) is 6.85. The first-order valence-corrected chi connectivity index (χ1v) is 3.20. The third-order valence-electron chi connectivity index (χ3n) is 1.81. The van der Waals surface area contributed by atoms with Crippen LogP contribution >= 0.6 is 12.4 Å². The lowest BCUT2D eigenvalue weighted by molar-refractivity contribution is 0.00981. The molecule has 10 heavy (non-hydrogen) atoms. The van der Waals surface area contributed by atoms with Crippen molar-refractivity contribution in [2.24, 2.45) is 5.73 Å². The van der Waals surface area contributed by atoms with E-state index in [9.17, 15) is 0 Å². The average Bonchev–Trinajstić information content (AvgIpc) is 2.10. The fourth-order valence-electron chi connectivity index (χ4n) is 1.27. The van der Waals surface area contributed by atoms with Crippen LogP contribution in [0.1, 0.15) is 12.8 Å². The van der Waals surface area contributed by atoms with Gasteiger partial charge in [0.1, 0.15) is 0 Å². The van der Waals surface area contributed by atoms with E-state index in [1.54, 1.807) is 7.11 Å². The standard InChI is InChI=1S/C6H13NO2.ClH/c1-9-6-3-4(7)2-5(6)8;/h4-6,8H,2-3,7H2,1H3;1H/t4-,5-,6-;/m0./s1. The molecule has 1 saturated carbocycles. The highest BCUT2D eigenvalue weighted by atomic mass is 35.5. The Morgan fingerprint density at radius 2 is 2.10 bits per heavy atom. The lowest BCUT2D eigenvalue weighted by atomic mass is 10.3. The van der Waals surface area contributed by atoms with Crippen LogP contribution in [-0.2, 0) is 4.74 Å². The second kappa shape index (κ2) is 4.13. The highest BCUT2D eigenvalue weighted by Crippen LogP contribution is 2.19. The number of hydrogen-bond donors (Lipinski definition) is 2. The van der Waals surface area contributed by atoms with Crippen molar-refractivity contribution in [2.75, 3.05) is 7.11 Å². The van der Waals surface area contributed by atoms with E-state index < -0.39 is 0 Å². The zero-order valence-electron chi connectivity index (χ0n) is 5.99. The molecule has 0 amide bonds. The third kappa shape index (κ3) is 2.09. The second-order valence-electron chi connectivity index (χ2n) is 2.57. The molecule has 3 N–H and O–H groups in total. The predicted octanol–water partition coefficient (Wildman–Crippen LogP) is -0.0948. The van der Waals surface area contributed by atoms with Crippen LogP contribution in [-0.4, -0.2) is 30.5 Å². The highest BCUT2D eigenvalue weighted by molar-refractivity contribution is 5.85. The van der Waals surface area contributed by atoms with Gasteiger partial charge in [0.25, 0.3) is 0 Å². The SMILES string of the molecule is CO[C@H]1C[C@@H](N)C[C@@H]1O.Cl. The van der Waals surface area contributed by atoms with Gasteiger partial charge in [-0.05, 0) is 12.8 Å². The van der Waals surface area contributed by atoms with E-state index in [0.29, 0.717) is 6.42 Å². The molecule has 0 heterocycles. The monoisotopic (exact) mass is 167 g/mol. The maximum absolute atomic E-state index is 9.15. The van der Waals surface area contributed by atoms with Gasteiger partial charge in [0.15, 0.2) is 0 Å². The molecule has 0 aromatic carbocycles. The van der Waals surface area contributed by atoms with Crippen molar-refractivity contribution in [3.8, 4) is 0 Å². The number of methoxy groups -OCH3 is 1. The molecule has 0 radical (unpaired) electrons. The van der Waals surface area contributed by atoms with Crippen molar-refractivity contribution in [1.29, 1.82) is 0 Å². The lowest BCUT2D eigenvalue weighted by Gasteiger charge is -2.10. The van der Waals surface area contributed by atoms with Gasteiger partial charge >= 0.3 is 0 Å². The minimum absolute atomic E-state index is 0. The van der Waals surface area contributed by atoms with Gasteiger partial charge in [0, 0.05) is 13.2 Å². The van der Waals surface area contributed by atoms with Crippen LogP contribution in [0.5, 0.6) is 0 Å². The Balaban J connectivity index is 0.000000810. The first kappa shape index (κ1) is 10.2. The van der Waals surface area contributed by atoms with E-state index >= 15 is 0 Å². The van der Waals surface area contributed by atoms with Crippen LogP contribution in [0.3, 0.4) is 0 Å². The van der Waals surface area contributed by atoms with Crippen molar-refractivity contribution in [3.05, 3.63) is 0 Å². The molecule has 4 heteroatoms. The smallest absolute Gasteiger partial charge is 0.0845 e. The highest BCUT2D eigenvalue weighted by Gasteiger charge is 2.30. The molecule has 0 aromatic heterocycles. The molecule has 0 aromatic rings. The summed E-state index contributed by atoms with van der Waals surface area (Å²) in [5, 5.41) is 9.15. The van der Waals surface area contributed by atoms with Crippen LogP contribution in [0.15, 0.2) is 0 Å². The summed E-state index contributed by atoms with van der Waals surface area (Å²) >= 11 is 0. The Morgan fingerprint density at radius 1 is 1.50 bits per heavy atom. The number of halogens is 1. The third-order valence-corrected chi connectivity index (χ3v) is 1.81. The molecule has 1 aliphatic rings. The van der Waals surface area contributed by atoms with E-state index in [2.05, 4.69) is 0 Å². The molecular formula is C6H14ClNO2. The van der Waals surface area contributed by atoms with Gasteiger partial charge in [-0.3, -0.25) is 0 Å². The molecule has 1 rings (SSSR count). The van der Waals surface area contributed by atoms with Crippen LogP contribution < -0.4 is 5.73 Å². The van der Waals surface area contributed by atoms with Gasteiger partial charge in [-0.2, -0.15) is 0 Å². The second-order valence-corrected chi connectivity index (χ2v) is 2.57. The van der Waals surface area contributed by atoms with Gasteiger partial charge in [-0.25, -0.2) is 0 Å². The normalized spacial score (nSPS) is 39.3. The van der Waals surface area contributed by atoms with Crippen molar-refractivity contribution in [1.82, 2.24) is 0 Å². The van der Waals surface area contributed by atoms with Crippen molar-refractivity contribution < 1.29 is 9.84 Å². The Morgan fingerprint density at radius 3 is 2.30 bits per heavy atom.